The minimum Gasteiger partial charge on any atom is -0.321 e. The molecule has 1 amide bonds. The van der Waals surface area contributed by atoms with Crippen molar-refractivity contribution in [2.24, 2.45) is 0 Å². The van der Waals surface area contributed by atoms with Gasteiger partial charge in [0, 0.05) is 21.3 Å². The average molecular weight is 389 g/mol. The van der Waals surface area contributed by atoms with Crippen LogP contribution in [0.1, 0.15) is 10.4 Å². The lowest BCUT2D eigenvalue weighted by atomic mass is 10.2. The lowest BCUT2D eigenvalue weighted by Crippen LogP contribution is -2.12. The Balaban J connectivity index is 2.23. The number of hydrogen-bond acceptors (Lipinski definition) is 3. The summed E-state index contributed by atoms with van der Waals surface area (Å²) in [6.07, 6.45) is 1.12. The molecule has 2 rings (SSSR count). The van der Waals surface area contributed by atoms with E-state index in [-0.39, 0.29) is 10.8 Å². The Morgan fingerprint density at radius 2 is 1.76 bits per heavy atom. The van der Waals surface area contributed by atoms with Gasteiger partial charge in [-0.3, -0.25) is 4.79 Å². The highest BCUT2D eigenvalue weighted by Gasteiger charge is 2.11. The molecule has 0 aromatic heterocycles. The average Bonchev–Trinajstić information content (AvgIpc) is 2.42. The Morgan fingerprint density at radius 3 is 2.33 bits per heavy atom. The van der Waals surface area contributed by atoms with Crippen LogP contribution in [-0.4, -0.2) is 20.6 Å². The molecule has 0 aliphatic heterocycles. The monoisotopic (exact) mass is 387 g/mol. The molecule has 7 heteroatoms. The van der Waals surface area contributed by atoms with Crippen LogP contribution in [-0.2, 0) is 9.84 Å². The number of sulfone groups is 1. The summed E-state index contributed by atoms with van der Waals surface area (Å²) < 4.78 is 23.4. The molecule has 4 nitrogen and oxygen atoms in total. The molecule has 0 radical (unpaired) electrons. The Kier molecular flexibility index (Phi) is 4.70. The molecule has 0 heterocycles. The molecule has 110 valence electrons. The van der Waals surface area contributed by atoms with E-state index in [2.05, 4.69) is 21.2 Å². The van der Waals surface area contributed by atoms with E-state index in [1.54, 1.807) is 18.2 Å². The number of nitrogens with one attached hydrogen (secondary N) is 1. The molecule has 21 heavy (non-hydrogen) atoms. The van der Waals surface area contributed by atoms with Gasteiger partial charge in [0.05, 0.1) is 10.6 Å². The molecular weight excluding hydrogens is 378 g/mol. The van der Waals surface area contributed by atoms with Crippen molar-refractivity contribution in [2.75, 3.05) is 11.6 Å². The molecule has 2 aromatic carbocycles. The Hall–Kier alpha value is -1.37. The zero-order valence-electron chi connectivity index (χ0n) is 10.9. The summed E-state index contributed by atoms with van der Waals surface area (Å²) in [7, 11) is -3.27. The van der Waals surface area contributed by atoms with Gasteiger partial charge in [-0.1, -0.05) is 11.6 Å². The predicted octanol–water partition coefficient (Wildman–Crippen LogP) is 3.76. The van der Waals surface area contributed by atoms with Gasteiger partial charge in [-0.2, -0.15) is 0 Å². The Morgan fingerprint density at radius 1 is 1.14 bits per heavy atom. The highest BCUT2D eigenvalue weighted by atomic mass is 79.9. The molecule has 0 aliphatic carbocycles. The third-order valence-electron chi connectivity index (χ3n) is 2.72. The quantitative estimate of drug-likeness (QED) is 0.871. The summed E-state index contributed by atoms with van der Waals surface area (Å²) in [5, 5.41) is 3.21. The highest BCUT2D eigenvalue weighted by molar-refractivity contribution is 9.10. The molecule has 0 atom stereocenters. The largest absolute Gasteiger partial charge is 0.321 e. The number of amides is 1. The van der Waals surface area contributed by atoms with E-state index in [0.717, 1.165) is 6.26 Å². The standard InChI is InChI=1S/C14H11BrClNO3S/c1-21(19,20)11-5-2-9(3-6-11)14(18)17-13-8-10(16)4-7-12(13)15/h2-8H,1H3,(H,17,18). The second-order valence-electron chi connectivity index (χ2n) is 4.37. The highest BCUT2D eigenvalue weighted by Crippen LogP contribution is 2.26. The molecule has 0 spiro atoms. The van der Waals surface area contributed by atoms with Gasteiger partial charge in [0.2, 0.25) is 0 Å². The van der Waals surface area contributed by atoms with Crippen LogP contribution in [0, 0.1) is 0 Å². The maximum Gasteiger partial charge on any atom is 0.255 e. The van der Waals surface area contributed by atoms with Crippen LogP contribution >= 0.6 is 27.5 Å². The first kappa shape index (κ1) is 16.0. The van der Waals surface area contributed by atoms with Crippen LogP contribution in [0.5, 0.6) is 0 Å². The van der Waals surface area contributed by atoms with Gasteiger partial charge in [0.25, 0.3) is 5.91 Å². The number of hydrogen-bond donors (Lipinski definition) is 1. The van der Waals surface area contributed by atoms with E-state index < -0.39 is 9.84 Å². The van der Waals surface area contributed by atoms with Crippen molar-refractivity contribution in [1.82, 2.24) is 0 Å². The number of anilines is 1. The second-order valence-corrected chi connectivity index (χ2v) is 7.68. The van der Waals surface area contributed by atoms with Crippen molar-refractivity contribution in [3.8, 4) is 0 Å². The van der Waals surface area contributed by atoms with Crippen molar-refractivity contribution in [1.29, 1.82) is 0 Å². The molecule has 1 N–H and O–H groups in total. The van der Waals surface area contributed by atoms with Crippen molar-refractivity contribution >= 4 is 49.0 Å². The molecule has 0 bridgehead atoms. The molecule has 0 fully saturated rings. The van der Waals surface area contributed by atoms with E-state index in [1.807, 2.05) is 0 Å². The Labute approximate surface area is 136 Å². The van der Waals surface area contributed by atoms with Gasteiger partial charge < -0.3 is 5.32 Å². The first-order valence-corrected chi connectivity index (χ1v) is 8.90. The second kappa shape index (κ2) is 6.17. The van der Waals surface area contributed by atoms with E-state index >= 15 is 0 Å². The smallest absolute Gasteiger partial charge is 0.255 e. The maximum atomic E-state index is 12.1. The lowest BCUT2D eigenvalue weighted by molar-refractivity contribution is 0.102. The number of carbonyl (C=O) groups is 1. The van der Waals surface area contributed by atoms with Gasteiger partial charge in [0.15, 0.2) is 9.84 Å². The normalized spacial score (nSPS) is 11.2. The number of benzene rings is 2. The number of rotatable bonds is 3. The van der Waals surface area contributed by atoms with Gasteiger partial charge in [-0.15, -0.1) is 0 Å². The van der Waals surface area contributed by atoms with Crippen molar-refractivity contribution in [3.63, 3.8) is 0 Å². The molecule has 2 aromatic rings. The lowest BCUT2D eigenvalue weighted by Gasteiger charge is -2.08. The molecule has 0 unspecified atom stereocenters. The summed E-state index contributed by atoms with van der Waals surface area (Å²) in [5.41, 5.74) is 0.897. The van der Waals surface area contributed by atoms with Crippen LogP contribution < -0.4 is 5.32 Å². The van der Waals surface area contributed by atoms with E-state index in [4.69, 9.17) is 11.6 Å². The molecule has 0 saturated heterocycles. The van der Waals surface area contributed by atoms with Crippen LogP contribution in [0.15, 0.2) is 51.8 Å². The zero-order chi connectivity index (χ0) is 15.6. The summed E-state index contributed by atoms with van der Waals surface area (Å²) in [5.74, 6) is -0.349. The van der Waals surface area contributed by atoms with E-state index in [1.165, 1.54) is 24.3 Å². The summed E-state index contributed by atoms with van der Waals surface area (Å²) in [6, 6.07) is 10.8. The van der Waals surface area contributed by atoms with Crippen LogP contribution in [0.3, 0.4) is 0 Å². The number of halogens is 2. The van der Waals surface area contributed by atoms with Gasteiger partial charge in [-0.05, 0) is 58.4 Å². The molecule has 0 saturated carbocycles. The van der Waals surface area contributed by atoms with E-state index in [0.29, 0.717) is 20.7 Å². The van der Waals surface area contributed by atoms with E-state index in [9.17, 15) is 13.2 Å². The van der Waals surface area contributed by atoms with Crippen LogP contribution in [0.4, 0.5) is 5.69 Å². The van der Waals surface area contributed by atoms with Crippen molar-refractivity contribution in [3.05, 3.63) is 57.5 Å². The Bertz CT molecular complexity index is 788. The molecule has 0 aliphatic rings. The van der Waals surface area contributed by atoms with Crippen molar-refractivity contribution < 1.29 is 13.2 Å². The first-order valence-electron chi connectivity index (χ1n) is 5.84. The summed E-state index contributed by atoms with van der Waals surface area (Å²) in [6.45, 7) is 0. The number of carbonyl (C=O) groups excluding carboxylic acids is 1. The predicted molar refractivity (Wildman–Crippen MR) is 86.7 cm³/mol. The third-order valence-corrected chi connectivity index (χ3v) is 4.78. The first-order chi connectivity index (χ1) is 9.77. The van der Waals surface area contributed by atoms with Gasteiger partial charge in [-0.25, -0.2) is 8.42 Å². The topological polar surface area (TPSA) is 63.2 Å². The third kappa shape index (κ3) is 4.06. The fourth-order valence-corrected chi connectivity index (χ4v) is 2.79. The minimum atomic E-state index is -3.27. The zero-order valence-corrected chi connectivity index (χ0v) is 14.1. The van der Waals surface area contributed by atoms with Gasteiger partial charge in [0.1, 0.15) is 0 Å². The SMILES string of the molecule is CS(=O)(=O)c1ccc(C(=O)Nc2cc(Cl)ccc2Br)cc1. The van der Waals surface area contributed by atoms with Crippen LogP contribution in [0.25, 0.3) is 0 Å². The maximum absolute atomic E-state index is 12.1. The fourth-order valence-electron chi connectivity index (χ4n) is 1.64. The molecular formula is C14H11BrClNO3S. The fraction of sp³-hybridized carbons (Fsp3) is 0.0714. The van der Waals surface area contributed by atoms with Gasteiger partial charge >= 0.3 is 0 Å². The summed E-state index contributed by atoms with van der Waals surface area (Å²) in [4.78, 5) is 12.3. The van der Waals surface area contributed by atoms with Crippen LogP contribution in [0.2, 0.25) is 5.02 Å². The summed E-state index contributed by atoms with van der Waals surface area (Å²) >= 11 is 9.19. The van der Waals surface area contributed by atoms with Crippen molar-refractivity contribution in [2.45, 2.75) is 4.90 Å². The minimum absolute atomic E-state index is 0.169.